The lowest BCUT2D eigenvalue weighted by Gasteiger charge is -2.13. The molecule has 0 aliphatic heterocycles. The van der Waals surface area contributed by atoms with E-state index in [1.165, 1.54) is 11.1 Å². The van der Waals surface area contributed by atoms with E-state index in [0.717, 1.165) is 24.6 Å². The van der Waals surface area contributed by atoms with Gasteiger partial charge in [-0.15, -0.1) is 0 Å². The van der Waals surface area contributed by atoms with Crippen molar-refractivity contribution in [2.75, 3.05) is 0 Å². The Morgan fingerprint density at radius 2 is 1.30 bits per heavy atom. The number of ether oxygens (including phenoxy) is 1. The van der Waals surface area contributed by atoms with Crippen molar-refractivity contribution >= 4 is 18.3 Å². The zero-order valence-electron chi connectivity index (χ0n) is 18.1. The summed E-state index contributed by atoms with van der Waals surface area (Å²) < 4.78 is 5.83. The molecule has 0 aliphatic rings. The third-order valence-electron chi connectivity index (χ3n) is 5.41. The van der Waals surface area contributed by atoms with Gasteiger partial charge in [0.15, 0.2) is 18.3 Å². The largest absolute Gasteiger partial charge is 0.457 e. The van der Waals surface area contributed by atoms with E-state index in [4.69, 9.17) is 11.3 Å². The van der Waals surface area contributed by atoms with E-state index in [9.17, 15) is 9.59 Å². The van der Waals surface area contributed by atoms with Crippen molar-refractivity contribution in [2.45, 2.75) is 13.3 Å². The van der Waals surface area contributed by atoms with Crippen molar-refractivity contribution in [3.8, 4) is 22.6 Å². The number of carbonyl (C=O) groups is 2. The molecule has 0 amide bonds. The molecule has 0 spiro atoms. The van der Waals surface area contributed by atoms with Crippen LogP contribution in [0.3, 0.4) is 0 Å². The number of rotatable bonds is 7. The van der Waals surface area contributed by atoms with Gasteiger partial charge >= 0.3 is 0 Å². The Labute approximate surface area is 192 Å². The molecule has 4 aromatic carbocycles. The lowest BCUT2D eigenvalue weighted by Crippen LogP contribution is -1.96. The van der Waals surface area contributed by atoms with Gasteiger partial charge in [-0.25, -0.2) is 4.85 Å². The fraction of sp³-hybridized carbons (Fsp3) is 0.0690. The summed E-state index contributed by atoms with van der Waals surface area (Å²) >= 11 is 0. The molecule has 4 rings (SSSR count). The van der Waals surface area contributed by atoms with Crippen molar-refractivity contribution in [1.82, 2.24) is 0 Å². The summed E-state index contributed by atoms with van der Waals surface area (Å²) in [6.45, 7) is 9.08. The number of nitrogens with zero attached hydrogens (tertiary/aromatic N) is 1. The van der Waals surface area contributed by atoms with E-state index in [0.29, 0.717) is 39.4 Å². The zero-order valence-corrected chi connectivity index (χ0v) is 18.1. The van der Waals surface area contributed by atoms with Crippen LogP contribution in [0.15, 0.2) is 84.9 Å². The summed E-state index contributed by atoms with van der Waals surface area (Å²) in [4.78, 5) is 27.1. The molecule has 160 valence electrons. The standard InChI is InChI=1S/C29H21NO3/c1-20-3-5-21(6-4-20)15-22-7-13-28(23(16-22)18-31)29-14-12-27(17-24(29)19-32)33-26-10-8-25(30-2)9-11-26/h3-14,16-19H,15H2,1H3. The molecule has 0 unspecified atom stereocenters. The molecule has 4 aromatic rings. The number of carbonyl (C=O) groups excluding carboxylic acids is 2. The van der Waals surface area contributed by atoms with Crippen molar-refractivity contribution < 1.29 is 14.3 Å². The maximum atomic E-state index is 11.9. The number of aldehydes is 2. The van der Waals surface area contributed by atoms with Crippen molar-refractivity contribution in [3.05, 3.63) is 124 Å². The maximum Gasteiger partial charge on any atom is 0.187 e. The van der Waals surface area contributed by atoms with Gasteiger partial charge < -0.3 is 4.74 Å². The monoisotopic (exact) mass is 431 g/mol. The summed E-state index contributed by atoms with van der Waals surface area (Å²) in [5.74, 6) is 1.07. The van der Waals surface area contributed by atoms with Gasteiger partial charge in [-0.1, -0.05) is 54.1 Å². The van der Waals surface area contributed by atoms with Crippen LogP contribution in [0.1, 0.15) is 37.4 Å². The second-order valence-corrected chi connectivity index (χ2v) is 7.78. The fourth-order valence-electron chi connectivity index (χ4n) is 3.68. The summed E-state index contributed by atoms with van der Waals surface area (Å²) in [7, 11) is 0. The lowest BCUT2D eigenvalue weighted by atomic mass is 9.93. The highest BCUT2D eigenvalue weighted by Gasteiger charge is 2.12. The summed E-state index contributed by atoms with van der Waals surface area (Å²) in [6.07, 6.45) is 2.31. The summed E-state index contributed by atoms with van der Waals surface area (Å²) in [5, 5.41) is 0. The predicted molar refractivity (Wildman–Crippen MR) is 129 cm³/mol. The predicted octanol–water partition coefficient (Wildman–Crippen LogP) is 7.22. The summed E-state index contributed by atoms with van der Waals surface area (Å²) in [6, 6.07) is 26.0. The van der Waals surface area contributed by atoms with Crippen molar-refractivity contribution in [1.29, 1.82) is 0 Å². The number of aryl methyl sites for hydroxylation is 1. The first kappa shape index (κ1) is 21.7. The molecule has 0 aliphatic carbocycles. The number of hydrogen-bond donors (Lipinski definition) is 0. The zero-order chi connectivity index (χ0) is 23.2. The first-order chi connectivity index (χ1) is 16.1. The highest BCUT2D eigenvalue weighted by molar-refractivity contribution is 5.95. The van der Waals surface area contributed by atoms with E-state index < -0.39 is 0 Å². The summed E-state index contributed by atoms with van der Waals surface area (Å²) in [5.41, 5.74) is 6.27. The third-order valence-corrected chi connectivity index (χ3v) is 5.41. The average Bonchev–Trinajstić information content (AvgIpc) is 2.86. The second kappa shape index (κ2) is 9.76. The molecule has 4 heteroatoms. The minimum atomic E-state index is 0.430. The molecule has 4 nitrogen and oxygen atoms in total. The fourth-order valence-corrected chi connectivity index (χ4v) is 3.68. The van der Waals surface area contributed by atoms with Gasteiger partial charge in [0.2, 0.25) is 0 Å². The van der Waals surface area contributed by atoms with Crippen molar-refractivity contribution in [3.63, 3.8) is 0 Å². The molecule has 0 saturated heterocycles. The first-order valence-electron chi connectivity index (χ1n) is 10.5. The number of benzene rings is 4. The first-order valence-corrected chi connectivity index (χ1v) is 10.5. The minimum Gasteiger partial charge on any atom is -0.457 e. The highest BCUT2D eigenvalue weighted by atomic mass is 16.5. The Morgan fingerprint density at radius 3 is 1.94 bits per heavy atom. The molecule has 0 atom stereocenters. The van der Waals surface area contributed by atoms with Crippen LogP contribution in [0.2, 0.25) is 0 Å². The Balaban J connectivity index is 1.61. The Kier molecular flexibility index (Phi) is 6.43. The van der Waals surface area contributed by atoms with Crippen LogP contribution >= 0.6 is 0 Å². The molecule has 0 radical (unpaired) electrons. The molecule has 0 fully saturated rings. The van der Waals surface area contributed by atoms with Gasteiger partial charge in [0.1, 0.15) is 11.5 Å². The highest BCUT2D eigenvalue weighted by Crippen LogP contribution is 2.32. The molecule has 33 heavy (non-hydrogen) atoms. The normalized spacial score (nSPS) is 10.3. The molecule has 0 bridgehead atoms. The van der Waals surface area contributed by atoms with Crippen molar-refractivity contribution in [2.24, 2.45) is 0 Å². The third kappa shape index (κ3) is 5.06. The minimum absolute atomic E-state index is 0.430. The van der Waals surface area contributed by atoms with Gasteiger partial charge in [0, 0.05) is 11.1 Å². The number of hydrogen-bond acceptors (Lipinski definition) is 3. The molecule has 0 aromatic heterocycles. The molecule has 0 heterocycles. The van der Waals surface area contributed by atoms with Crippen LogP contribution in [0.4, 0.5) is 5.69 Å². The van der Waals surface area contributed by atoms with Crippen LogP contribution in [-0.4, -0.2) is 12.6 Å². The Bertz CT molecular complexity index is 1350. The van der Waals surface area contributed by atoms with Gasteiger partial charge in [0.25, 0.3) is 0 Å². The van der Waals surface area contributed by atoms with Gasteiger partial charge in [-0.2, -0.15) is 0 Å². The van der Waals surface area contributed by atoms with E-state index in [1.807, 2.05) is 18.2 Å². The van der Waals surface area contributed by atoms with Crippen LogP contribution in [0.5, 0.6) is 11.5 Å². The lowest BCUT2D eigenvalue weighted by molar-refractivity contribution is 0.111. The molecular formula is C29H21NO3. The average molecular weight is 431 g/mol. The van der Waals surface area contributed by atoms with Crippen LogP contribution < -0.4 is 4.74 Å². The topological polar surface area (TPSA) is 47.7 Å². The second-order valence-electron chi connectivity index (χ2n) is 7.78. The SMILES string of the molecule is [C-]#[N+]c1ccc(Oc2ccc(-c3ccc(Cc4ccc(C)cc4)cc3C=O)c(C=O)c2)cc1. The molecule has 0 saturated carbocycles. The van der Waals surface area contributed by atoms with Gasteiger partial charge in [0.05, 0.1) is 6.57 Å². The smallest absolute Gasteiger partial charge is 0.187 e. The van der Waals surface area contributed by atoms with E-state index in [2.05, 4.69) is 36.0 Å². The maximum absolute atomic E-state index is 11.9. The molecule has 0 N–H and O–H groups in total. The van der Waals surface area contributed by atoms with Gasteiger partial charge in [-0.3, -0.25) is 9.59 Å². The van der Waals surface area contributed by atoms with E-state index in [-0.39, 0.29) is 0 Å². The Morgan fingerprint density at radius 1 is 0.727 bits per heavy atom. The van der Waals surface area contributed by atoms with Crippen LogP contribution in [-0.2, 0) is 6.42 Å². The van der Waals surface area contributed by atoms with E-state index in [1.54, 1.807) is 42.5 Å². The van der Waals surface area contributed by atoms with E-state index >= 15 is 0 Å². The van der Waals surface area contributed by atoms with Gasteiger partial charge in [-0.05, 0) is 72.0 Å². The van der Waals surface area contributed by atoms with Crippen LogP contribution in [0, 0.1) is 13.5 Å². The Hall–Kier alpha value is -4.49. The quantitative estimate of drug-likeness (QED) is 0.229. The van der Waals surface area contributed by atoms with Crippen LogP contribution in [0.25, 0.3) is 16.0 Å². The molecular weight excluding hydrogens is 410 g/mol.